The average molecular weight is 266 g/mol. The molecule has 0 bridgehead atoms. The van der Waals surface area contributed by atoms with Gasteiger partial charge in [-0.2, -0.15) is 11.8 Å². The van der Waals surface area contributed by atoms with Gasteiger partial charge in [-0.05, 0) is 24.7 Å². The summed E-state index contributed by atoms with van der Waals surface area (Å²) < 4.78 is 0. The quantitative estimate of drug-likeness (QED) is 0.791. The highest BCUT2D eigenvalue weighted by Gasteiger charge is 2.17. The molecule has 1 aromatic carbocycles. The van der Waals surface area contributed by atoms with Crippen molar-refractivity contribution in [3.63, 3.8) is 0 Å². The van der Waals surface area contributed by atoms with Gasteiger partial charge in [0.2, 0.25) is 5.91 Å². The summed E-state index contributed by atoms with van der Waals surface area (Å²) in [6.07, 6.45) is 3.56. The minimum atomic E-state index is -0.469. The maximum absolute atomic E-state index is 11.9. The molecule has 4 heteroatoms. The molecule has 0 saturated carbocycles. The molecule has 0 aliphatic heterocycles. The molecular weight excluding hydrogens is 244 g/mol. The molecule has 100 valence electrons. The molecule has 3 N–H and O–H groups in total. The van der Waals surface area contributed by atoms with Crippen LogP contribution in [-0.4, -0.2) is 30.0 Å². The fourth-order valence-electron chi connectivity index (χ4n) is 1.73. The number of hydrogen-bond acceptors (Lipinski definition) is 3. The van der Waals surface area contributed by atoms with E-state index < -0.39 is 6.04 Å². The molecule has 0 radical (unpaired) electrons. The van der Waals surface area contributed by atoms with E-state index >= 15 is 0 Å². The Bertz CT molecular complexity index is 356. The lowest BCUT2D eigenvalue weighted by molar-refractivity contribution is -0.122. The molecule has 0 heterocycles. The van der Waals surface area contributed by atoms with E-state index in [4.69, 9.17) is 5.73 Å². The standard InChI is InChI=1S/C14H22N2OS/c1-3-12(10-18-2)16-14(17)13(15)9-11-7-5-4-6-8-11/h4-8,12-13H,3,9-10,15H2,1-2H3,(H,16,17)/t12?,13-/m1/s1. The molecule has 1 unspecified atom stereocenters. The second-order valence-corrected chi connectivity index (χ2v) is 5.28. The van der Waals surface area contributed by atoms with E-state index in [1.54, 1.807) is 11.8 Å². The van der Waals surface area contributed by atoms with Gasteiger partial charge in [-0.25, -0.2) is 0 Å². The number of benzene rings is 1. The summed E-state index contributed by atoms with van der Waals surface area (Å²) in [6.45, 7) is 2.07. The maximum atomic E-state index is 11.9. The predicted octanol–water partition coefficient (Wildman–Crippen LogP) is 1.81. The minimum absolute atomic E-state index is 0.0558. The molecule has 0 saturated heterocycles. The third-order valence-electron chi connectivity index (χ3n) is 2.84. The van der Waals surface area contributed by atoms with Crippen LogP contribution in [0.2, 0.25) is 0 Å². The Hall–Kier alpha value is -1.00. The lowest BCUT2D eigenvalue weighted by atomic mass is 10.1. The molecule has 0 fully saturated rings. The molecule has 1 amide bonds. The Morgan fingerprint density at radius 1 is 1.39 bits per heavy atom. The third-order valence-corrected chi connectivity index (χ3v) is 3.58. The third kappa shape index (κ3) is 5.10. The van der Waals surface area contributed by atoms with Gasteiger partial charge in [-0.3, -0.25) is 4.79 Å². The van der Waals surface area contributed by atoms with E-state index in [0.717, 1.165) is 17.7 Å². The van der Waals surface area contributed by atoms with E-state index in [1.807, 2.05) is 36.6 Å². The smallest absolute Gasteiger partial charge is 0.237 e. The van der Waals surface area contributed by atoms with Crippen molar-refractivity contribution in [2.24, 2.45) is 5.73 Å². The molecule has 0 aliphatic rings. The van der Waals surface area contributed by atoms with Crippen molar-refractivity contribution in [1.29, 1.82) is 0 Å². The molecule has 1 aromatic rings. The number of amides is 1. The highest BCUT2D eigenvalue weighted by atomic mass is 32.2. The van der Waals surface area contributed by atoms with Gasteiger partial charge in [0, 0.05) is 11.8 Å². The molecule has 0 aliphatic carbocycles. The average Bonchev–Trinajstić information content (AvgIpc) is 2.39. The van der Waals surface area contributed by atoms with Crippen molar-refractivity contribution in [1.82, 2.24) is 5.32 Å². The Kier molecular flexibility index (Phi) is 6.83. The van der Waals surface area contributed by atoms with Crippen LogP contribution >= 0.6 is 11.8 Å². The monoisotopic (exact) mass is 266 g/mol. The van der Waals surface area contributed by atoms with Crippen LogP contribution in [0, 0.1) is 0 Å². The molecule has 1 rings (SSSR count). The Morgan fingerprint density at radius 2 is 2.06 bits per heavy atom. The number of rotatable bonds is 7. The van der Waals surface area contributed by atoms with Crippen LogP contribution in [0.3, 0.4) is 0 Å². The van der Waals surface area contributed by atoms with Gasteiger partial charge in [0.25, 0.3) is 0 Å². The Balaban J connectivity index is 2.46. The zero-order valence-electron chi connectivity index (χ0n) is 11.1. The first-order valence-electron chi connectivity index (χ1n) is 6.26. The number of nitrogens with two attached hydrogens (primary N) is 1. The fourth-order valence-corrected chi connectivity index (χ4v) is 2.45. The largest absolute Gasteiger partial charge is 0.351 e. The van der Waals surface area contributed by atoms with Gasteiger partial charge in [0.1, 0.15) is 0 Å². The molecule has 18 heavy (non-hydrogen) atoms. The van der Waals surface area contributed by atoms with Crippen molar-refractivity contribution in [2.45, 2.75) is 31.8 Å². The van der Waals surface area contributed by atoms with Gasteiger partial charge in [0.05, 0.1) is 6.04 Å². The first kappa shape index (κ1) is 15.1. The van der Waals surface area contributed by atoms with Crippen LogP contribution in [-0.2, 0) is 11.2 Å². The molecule has 0 spiro atoms. The zero-order valence-corrected chi connectivity index (χ0v) is 11.9. The summed E-state index contributed by atoms with van der Waals surface area (Å²) in [5, 5.41) is 3.00. The summed E-state index contributed by atoms with van der Waals surface area (Å²) in [5.41, 5.74) is 7.02. The lowest BCUT2D eigenvalue weighted by Crippen LogP contribution is -2.47. The number of carbonyl (C=O) groups is 1. The van der Waals surface area contributed by atoms with Crippen LogP contribution in [0.1, 0.15) is 18.9 Å². The van der Waals surface area contributed by atoms with Gasteiger partial charge in [-0.15, -0.1) is 0 Å². The normalized spacial score (nSPS) is 13.9. The van der Waals surface area contributed by atoms with Crippen molar-refractivity contribution >= 4 is 17.7 Å². The van der Waals surface area contributed by atoms with Crippen LogP contribution in [0.4, 0.5) is 0 Å². The topological polar surface area (TPSA) is 55.1 Å². The van der Waals surface area contributed by atoms with Crippen LogP contribution in [0.25, 0.3) is 0 Å². The maximum Gasteiger partial charge on any atom is 0.237 e. The van der Waals surface area contributed by atoms with E-state index in [2.05, 4.69) is 12.2 Å². The molecule has 0 aromatic heterocycles. The number of thioether (sulfide) groups is 1. The molecule has 2 atom stereocenters. The number of hydrogen-bond donors (Lipinski definition) is 2. The van der Waals surface area contributed by atoms with Crippen LogP contribution in [0.5, 0.6) is 0 Å². The van der Waals surface area contributed by atoms with Gasteiger partial charge >= 0.3 is 0 Å². The first-order valence-corrected chi connectivity index (χ1v) is 7.65. The van der Waals surface area contributed by atoms with Crippen molar-refractivity contribution in [3.8, 4) is 0 Å². The Morgan fingerprint density at radius 3 is 2.61 bits per heavy atom. The second-order valence-electron chi connectivity index (χ2n) is 4.37. The lowest BCUT2D eigenvalue weighted by Gasteiger charge is -2.19. The van der Waals surface area contributed by atoms with E-state index in [9.17, 15) is 4.79 Å². The van der Waals surface area contributed by atoms with Crippen molar-refractivity contribution < 1.29 is 4.79 Å². The minimum Gasteiger partial charge on any atom is -0.351 e. The van der Waals surface area contributed by atoms with Gasteiger partial charge in [-0.1, -0.05) is 37.3 Å². The zero-order chi connectivity index (χ0) is 13.4. The van der Waals surface area contributed by atoms with Gasteiger partial charge in [0.15, 0.2) is 0 Å². The van der Waals surface area contributed by atoms with E-state index in [0.29, 0.717) is 6.42 Å². The van der Waals surface area contributed by atoms with Crippen molar-refractivity contribution in [3.05, 3.63) is 35.9 Å². The summed E-state index contributed by atoms with van der Waals surface area (Å²) in [6, 6.07) is 9.61. The summed E-state index contributed by atoms with van der Waals surface area (Å²) in [4.78, 5) is 11.9. The number of nitrogens with one attached hydrogen (secondary N) is 1. The highest BCUT2D eigenvalue weighted by molar-refractivity contribution is 7.98. The van der Waals surface area contributed by atoms with Gasteiger partial charge < -0.3 is 11.1 Å². The summed E-state index contributed by atoms with van der Waals surface area (Å²) in [7, 11) is 0. The number of carbonyl (C=O) groups excluding carboxylic acids is 1. The Labute approximate surface area is 114 Å². The summed E-state index contributed by atoms with van der Waals surface area (Å²) in [5.74, 6) is 0.875. The van der Waals surface area contributed by atoms with Crippen LogP contribution in [0.15, 0.2) is 30.3 Å². The molecule has 3 nitrogen and oxygen atoms in total. The molecular formula is C14H22N2OS. The SMILES string of the molecule is CCC(CSC)NC(=O)[C@H](N)Cc1ccccc1. The second kappa shape index (κ2) is 8.16. The summed E-state index contributed by atoms with van der Waals surface area (Å²) >= 11 is 1.74. The van der Waals surface area contributed by atoms with E-state index in [1.165, 1.54) is 0 Å². The van der Waals surface area contributed by atoms with Crippen LogP contribution < -0.4 is 11.1 Å². The fraction of sp³-hybridized carbons (Fsp3) is 0.500. The highest BCUT2D eigenvalue weighted by Crippen LogP contribution is 2.04. The first-order chi connectivity index (χ1) is 8.67. The van der Waals surface area contributed by atoms with E-state index in [-0.39, 0.29) is 11.9 Å². The van der Waals surface area contributed by atoms with Crippen molar-refractivity contribution in [2.75, 3.05) is 12.0 Å². The predicted molar refractivity (Wildman–Crippen MR) is 78.7 cm³/mol.